The molecule has 0 saturated carbocycles. The summed E-state index contributed by atoms with van der Waals surface area (Å²) in [6, 6.07) is 4.98. The maximum Gasteiger partial charge on any atom is 0.453 e. The van der Waals surface area contributed by atoms with Gasteiger partial charge >= 0.3 is 12.4 Å². The van der Waals surface area contributed by atoms with Crippen LogP contribution in [0, 0.1) is 0 Å². The molecule has 0 unspecified atom stereocenters. The highest BCUT2D eigenvalue weighted by Gasteiger charge is 2.37. The average Bonchev–Trinajstić information content (AvgIpc) is 3.02. The van der Waals surface area contributed by atoms with Crippen LogP contribution in [-0.2, 0) is 6.18 Å². The van der Waals surface area contributed by atoms with E-state index in [-0.39, 0.29) is 28.7 Å². The van der Waals surface area contributed by atoms with E-state index in [1.54, 1.807) is 0 Å². The summed E-state index contributed by atoms with van der Waals surface area (Å²) in [6.07, 6.45) is -9.33. The van der Waals surface area contributed by atoms with E-state index in [0.717, 1.165) is 6.07 Å². The highest BCUT2D eigenvalue weighted by molar-refractivity contribution is 5.66. The molecule has 0 aliphatic rings. The summed E-state index contributed by atoms with van der Waals surface area (Å²) >= 11 is 0. The molecule has 0 spiro atoms. The van der Waals surface area contributed by atoms with Crippen LogP contribution < -0.4 is 9.47 Å². The van der Waals surface area contributed by atoms with E-state index in [2.05, 4.69) is 25.0 Å². The van der Waals surface area contributed by atoms with Crippen molar-refractivity contribution in [1.29, 1.82) is 0 Å². The number of hydrogen-bond acceptors (Lipinski definition) is 6. The van der Waals surface area contributed by atoms with E-state index in [9.17, 15) is 26.3 Å². The molecule has 0 amide bonds. The highest BCUT2D eigenvalue weighted by atomic mass is 19.4. The largest absolute Gasteiger partial charge is 0.480 e. The third kappa shape index (κ3) is 4.01. The molecule has 0 aliphatic carbocycles. The minimum atomic E-state index is -4.78. The van der Waals surface area contributed by atoms with Gasteiger partial charge in [-0.2, -0.15) is 40.9 Å². The second kappa shape index (κ2) is 6.55. The van der Waals surface area contributed by atoms with Crippen molar-refractivity contribution in [1.82, 2.24) is 24.8 Å². The summed E-state index contributed by atoms with van der Waals surface area (Å²) in [5.74, 6) is -1.87. The van der Waals surface area contributed by atoms with Crippen molar-refractivity contribution in [3.8, 4) is 23.0 Å². The van der Waals surface area contributed by atoms with Crippen LogP contribution in [0.2, 0.25) is 0 Å². The monoisotopic (exact) mass is 393 g/mol. The zero-order valence-electron chi connectivity index (χ0n) is 13.3. The number of nitrogens with zero attached hydrogens (tertiary/aromatic N) is 5. The molecule has 27 heavy (non-hydrogen) atoms. The van der Waals surface area contributed by atoms with Crippen molar-refractivity contribution < 1.29 is 35.8 Å². The Morgan fingerprint density at radius 2 is 1.74 bits per heavy atom. The second-order valence-corrected chi connectivity index (χ2v) is 5.12. The minimum absolute atomic E-state index is 0.0134. The van der Waals surface area contributed by atoms with Crippen molar-refractivity contribution in [2.45, 2.75) is 12.4 Å². The Hall–Kier alpha value is -3.12. The topological polar surface area (TPSA) is 74.4 Å². The molecule has 0 atom stereocenters. The normalized spacial score (nSPS) is 12.4. The Balaban J connectivity index is 2.00. The molecule has 3 aromatic rings. The van der Waals surface area contributed by atoms with Crippen LogP contribution in [-0.4, -0.2) is 44.7 Å². The molecule has 0 aliphatic heterocycles. The van der Waals surface area contributed by atoms with Crippen LogP contribution in [0.4, 0.5) is 26.3 Å². The van der Waals surface area contributed by atoms with Gasteiger partial charge in [-0.25, -0.2) is 0 Å². The van der Waals surface area contributed by atoms with Crippen molar-refractivity contribution in [2.75, 3.05) is 13.7 Å². The fraction of sp³-hybridized carbons (Fsp3) is 0.286. The van der Waals surface area contributed by atoms with Crippen LogP contribution in [0.3, 0.4) is 0 Å². The number of aromatic nitrogens is 5. The first-order valence-electron chi connectivity index (χ1n) is 7.13. The lowest BCUT2D eigenvalue weighted by Gasteiger charge is -2.12. The molecule has 0 bridgehead atoms. The molecular formula is C14H9F6N5O2. The van der Waals surface area contributed by atoms with E-state index in [1.807, 2.05) is 0 Å². The number of hydrogen-bond donors (Lipinski definition) is 0. The average molecular weight is 393 g/mol. The van der Waals surface area contributed by atoms with Gasteiger partial charge in [0.2, 0.25) is 11.8 Å². The van der Waals surface area contributed by atoms with Gasteiger partial charge in [0.1, 0.15) is 0 Å². The smallest absolute Gasteiger partial charge is 0.453 e. The van der Waals surface area contributed by atoms with Crippen LogP contribution in [0.25, 0.3) is 16.9 Å². The highest BCUT2D eigenvalue weighted by Crippen LogP contribution is 2.31. The lowest BCUT2D eigenvalue weighted by molar-refractivity contribution is -0.154. The van der Waals surface area contributed by atoms with E-state index >= 15 is 0 Å². The number of halogens is 6. The maximum atomic E-state index is 13.0. The lowest BCUT2D eigenvalue weighted by atomic mass is 10.2. The molecule has 3 heterocycles. The quantitative estimate of drug-likeness (QED) is 0.634. The molecular weight excluding hydrogens is 384 g/mol. The zero-order chi connectivity index (χ0) is 19.8. The standard InChI is InChI=1S/C14H9F6N5O2/c1-26-11-7(2-5-10(21-11)27-6-13(15,16)17)8-3-4-9-22-23-12(14(18,19)20)25(9)24-8/h2-5H,6H2,1H3. The number of methoxy groups -OCH3 is 1. The zero-order valence-corrected chi connectivity index (χ0v) is 13.3. The number of alkyl halides is 6. The van der Waals surface area contributed by atoms with E-state index in [0.29, 0.717) is 4.52 Å². The predicted molar refractivity (Wildman–Crippen MR) is 77.1 cm³/mol. The first kappa shape index (κ1) is 18.7. The minimum Gasteiger partial charge on any atom is -0.480 e. The first-order chi connectivity index (χ1) is 12.6. The maximum absolute atomic E-state index is 13.0. The SMILES string of the molecule is COc1nc(OCC(F)(F)F)ccc1-c1ccc2nnc(C(F)(F)F)n2n1. The van der Waals surface area contributed by atoms with Gasteiger partial charge in [0.05, 0.1) is 18.4 Å². The Bertz CT molecular complexity index is 969. The van der Waals surface area contributed by atoms with Crippen molar-refractivity contribution in [3.05, 3.63) is 30.1 Å². The molecule has 3 aromatic heterocycles. The van der Waals surface area contributed by atoms with Crippen LogP contribution >= 0.6 is 0 Å². The number of fused-ring (bicyclic) bond motifs is 1. The number of pyridine rings is 1. The van der Waals surface area contributed by atoms with Gasteiger partial charge in [0.15, 0.2) is 12.3 Å². The Labute approximate surface area is 146 Å². The van der Waals surface area contributed by atoms with E-state index < -0.39 is 24.8 Å². The summed E-state index contributed by atoms with van der Waals surface area (Å²) in [7, 11) is 1.19. The fourth-order valence-electron chi connectivity index (χ4n) is 2.12. The molecule has 3 rings (SSSR count). The molecule has 0 saturated heterocycles. The fourth-order valence-corrected chi connectivity index (χ4v) is 2.12. The number of ether oxygens (including phenoxy) is 2. The second-order valence-electron chi connectivity index (χ2n) is 5.12. The summed E-state index contributed by atoms with van der Waals surface area (Å²) in [6.45, 7) is -1.55. The first-order valence-corrected chi connectivity index (χ1v) is 7.13. The molecule has 0 radical (unpaired) electrons. The predicted octanol–water partition coefficient (Wildman–Crippen LogP) is 3.15. The molecule has 0 fully saturated rings. The third-order valence-corrected chi connectivity index (χ3v) is 3.20. The molecule has 144 valence electrons. The van der Waals surface area contributed by atoms with Crippen LogP contribution in [0.15, 0.2) is 24.3 Å². The van der Waals surface area contributed by atoms with Crippen LogP contribution in [0.5, 0.6) is 11.8 Å². The van der Waals surface area contributed by atoms with Gasteiger partial charge in [0, 0.05) is 6.07 Å². The van der Waals surface area contributed by atoms with Crippen molar-refractivity contribution in [2.24, 2.45) is 0 Å². The van der Waals surface area contributed by atoms with E-state index in [1.165, 1.54) is 25.3 Å². The lowest BCUT2D eigenvalue weighted by Crippen LogP contribution is -2.19. The Morgan fingerprint density at radius 1 is 1.00 bits per heavy atom. The van der Waals surface area contributed by atoms with Crippen molar-refractivity contribution in [3.63, 3.8) is 0 Å². The molecule has 0 aromatic carbocycles. The van der Waals surface area contributed by atoms with Gasteiger partial charge < -0.3 is 9.47 Å². The van der Waals surface area contributed by atoms with Crippen LogP contribution in [0.1, 0.15) is 5.82 Å². The van der Waals surface area contributed by atoms with Crippen molar-refractivity contribution >= 4 is 5.65 Å². The van der Waals surface area contributed by atoms with Gasteiger partial charge in [-0.1, -0.05) is 0 Å². The molecule has 0 N–H and O–H groups in total. The van der Waals surface area contributed by atoms with Gasteiger partial charge in [0.25, 0.3) is 5.82 Å². The third-order valence-electron chi connectivity index (χ3n) is 3.20. The van der Waals surface area contributed by atoms with E-state index in [4.69, 9.17) is 4.74 Å². The summed E-state index contributed by atoms with van der Waals surface area (Å²) in [5.41, 5.74) is 0.0169. The summed E-state index contributed by atoms with van der Waals surface area (Å²) in [5, 5.41) is 10.3. The summed E-state index contributed by atoms with van der Waals surface area (Å²) in [4.78, 5) is 3.76. The van der Waals surface area contributed by atoms with Gasteiger partial charge in [-0.05, 0) is 18.2 Å². The Kier molecular flexibility index (Phi) is 4.53. The Morgan fingerprint density at radius 3 is 2.37 bits per heavy atom. The van der Waals surface area contributed by atoms with Gasteiger partial charge in [-0.3, -0.25) is 0 Å². The number of rotatable bonds is 4. The summed E-state index contributed by atoms with van der Waals surface area (Å²) < 4.78 is 85.5. The molecule has 7 nitrogen and oxygen atoms in total. The molecule has 13 heteroatoms. The van der Waals surface area contributed by atoms with Gasteiger partial charge in [-0.15, -0.1) is 10.2 Å².